The van der Waals surface area contributed by atoms with E-state index in [9.17, 15) is 9.59 Å². The molecule has 2 aromatic rings. The molecule has 0 amide bonds. The van der Waals surface area contributed by atoms with Crippen LogP contribution >= 0.6 is 0 Å². The van der Waals surface area contributed by atoms with Crippen LogP contribution in [0.2, 0.25) is 0 Å². The number of rotatable bonds is 3. The molecule has 5 N–H and O–H groups in total. The van der Waals surface area contributed by atoms with Gasteiger partial charge in [0.1, 0.15) is 6.07 Å². The van der Waals surface area contributed by atoms with Crippen molar-refractivity contribution < 1.29 is 30.0 Å². The number of aliphatic hydroxyl groups excluding tert-OH is 2. The highest BCUT2D eigenvalue weighted by atomic mass is 16.4. The van der Waals surface area contributed by atoms with E-state index in [0.29, 0.717) is 5.56 Å². The molecule has 8 heteroatoms. The van der Waals surface area contributed by atoms with Crippen LogP contribution in [0.3, 0.4) is 0 Å². The van der Waals surface area contributed by atoms with E-state index in [4.69, 9.17) is 25.7 Å². The lowest BCUT2D eigenvalue weighted by Crippen LogP contribution is -2.39. The fourth-order valence-corrected chi connectivity index (χ4v) is 1.45. The molecule has 0 fully saturated rings. The molecule has 8 nitrogen and oxygen atoms in total. The number of hydrogen-bond acceptors (Lipinski definition) is 5. The van der Waals surface area contributed by atoms with Gasteiger partial charge in [-0.25, -0.2) is 9.59 Å². The first-order chi connectivity index (χ1) is 9.88. The predicted octanol–water partition coefficient (Wildman–Crippen LogP) is -0.0830. The summed E-state index contributed by atoms with van der Waals surface area (Å²) in [5.74, 6) is -3.54. The Labute approximate surface area is 118 Å². The minimum atomic E-state index is -2.27. The Kier molecular flexibility index (Phi) is 5.42. The Hall–Kier alpha value is -2.89. The van der Waals surface area contributed by atoms with Crippen LogP contribution in [0, 0.1) is 11.3 Å². The van der Waals surface area contributed by atoms with E-state index < -0.39 is 24.1 Å². The highest BCUT2D eigenvalue weighted by Gasteiger charge is 2.29. The number of aliphatic carboxylic acids is 2. The van der Waals surface area contributed by atoms with Crippen LogP contribution < -0.4 is 0 Å². The molecular formula is C13H12N2O6. The number of aliphatic hydroxyl groups is 2. The van der Waals surface area contributed by atoms with Crippen molar-refractivity contribution in [1.29, 1.82) is 5.26 Å². The van der Waals surface area contributed by atoms with Gasteiger partial charge in [-0.2, -0.15) is 5.26 Å². The molecule has 0 saturated heterocycles. The number of aromatic nitrogens is 1. The smallest absolute Gasteiger partial charge is 0.335 e. The van der Waals surface area contributed by atoms with Crippen molar-refractivity contribution in [3.05, 3.63) is 36.0 Å². The van der Waals surface area contributed by atoms with Gasteiger partial charge in [0, 0.05) is 11.6 Å². The van der Waals surface area contributed by atoms with Gasteiger partial charge in [0.05, 0.1) is 11.1 Å². The van der Waals surface area contributed by atoms with E-state index in [1.165, 1.54) is 0 Å². The minimum absolute atomic E-state index is 0.701. The SMILES string of the molecule is N#Cc1cccc2cc[nH]c12.O=C(O)C(O)C(O)C(=O)O. The summed E-state index contributed by atoms with van der Waals surface area (Å²) in [6.07, 6.45) is -2.69. The zero-order valence-electron chi connectivity index (χ0n) is 10.6. The summed E-state index contributed by atoms with van der Waals surface area (Å²) in [6, 6.07) is 9.75. The maximum atomic E-state index is 9.77. The molecule has 2 rings (SSSR count). The number of nitrogens with one attached hydrogen (secondary N) is 1. The third-order valence-electron chi connectivity index (χ3n) is 2.51. The zero-order valence-corrected chi connectivity index (χ0v) is 10.6. The van der Waals surface area contributed by atoms with Gasteiger partial charge in [0.25, 0.3) is 0 Å². The van der Waals surface area contributed by atoms with Crippen LogP contribution in [0.1, 0.15) is 5.56 Å². The lowest BCUT2D eigenvalue weighted by atomic mass is 10.2. The Morgan fingerprint density at radius 3 is 2.14 bits per heavy atom. The molecule has 1 heterocycles. The Morgan fingerprint density at radius 1 is 1.10 bits per heavy atom. The van der Waals surface area contributed by atoms with Gasteiger partial charge in [-0.3, -0.25) is 0 Å². The van der Waals surface area contributed by atoms with Gasteiger partial charge in [0.15, 0.2) is 12.2 Å². The highest BCUT2D eigenvalue weighted by molar-refractivity contribution is 5.84. The molecular weight excluding hydrogens is 280 g/mol. The molecule has 2 atom stereocenters. The number of benzene rings is 1. The second-order valence-electron chi connectivity index (χ2n) is 3.93. The third kappa shape index (κ3) is 4.04. The fourth-order valence-electron chi connectivity index (χ4n) is 1.45. The number of fused-ring (bicyclic) bond motifs is 1. The van der Waals surface area contributed by atoms with E-state index in [1.807, 2.05) is 24.4 Å². The van der Waals surface area contributed by atoms with Crippen LogP contribution in [0.15, 0.2) is 30.5 Å². The molecule has 2 unspecified atom stereocenters. The normalized spacial score (nSPS) is 12.6. The fraction of sp³-hybridized carbons (Fsp3) is 0.154. The molecule has 1 aromatic heterocycles. The average Bonchev–Trinajstić information content (AvgIpc) is 2.94. The van der Waals surface area contributed by atoms with Gasteiger partial charge in [-0.05, 0) is 12.1 Å². The lowest BCUT2D eigenvalue weighted by molar-refractivity contribution is -0.165. The number of carboxylic acid groups (broad SMARTS) is 2. The molecule has 0 aliphatic rings. The quantitative estimate of drug-likeness (QED) is 0.529. The van der Waals surface area contributed by atoms with Crippen molar-refractivity contribution in [1.82, 2.24) is 4.98 Å². The summed E-state index contributed by atoms with van der Waals surface area (Å²) in [6.45, 7) is 0. The van der Waals surface area contributed by atoms with Crippen LogP contribution in [0.5, 0.6) is 0 Å². The van der Waals surface area contributed by atoms with Crippen molar-refractivity contribution >= 4 is 22.8 Å². The van der Waals surface area contributed by atoms with E-state index in [2.05, 4.69) is 11.1 Å². The molecule has 1 aromatic carbocycles. The summed E-state index contributed by atoms with van der Waals surface area (Å²) < 4.78 is 0. The monoisotopic (exact) mass is 292 g/mol. The topological polar surface area (TPSA) is 155 Å². The van der Waals surface area contributed by atoms with E-state index in [1.54, 1.807) is 6.07 Å². The van der Waals surface area contributed by atoms with Gasteiger partial charge in [-0.1, -0.05) is 12.1 Å². The van der Waals surface area contributed by atoms with Crippen molar-refractivity contribution in [3.63, 3.8) is 0 Å². The van der Waals surface area contributed by atoms with Crippen molar-refractivity contribution in [2.24, 2.45) is 0 Å². The van der Waals surface area contributed by atoms with Crippen LogP contribution in [0.4, 0.5) is 0 Å². The number of H-pyrrole nitrogens is 1. The number of aromatic amines is 1. The maximum Gasteiger partial charge on any atom is 0.335 e. The third-order valence-corrected chi connectivity index (χ3v) is 2.51. The molecule has 0 saturated carbocycles. The van der Waals surface area contributed by atoms with Crippen molar-refractivity contribution in [2.75, 3.05) is 0 Å². The molecule has 0 aliphatic heterocycles. The number of carboxylic acids is 2. The second-order valence-corrected chi connectivity index (χ2v) is 3.93. The Balaban J connectivity index is 0.000000212. The van der Waals surface area contributed by atoms with Gasteiger partial charge in [0.2, 0.25) is 0 Å². The van der Waals surface area contributed by atoms with Crippen LogP contribution in [0.25, 0.3) is 10.9 Å². The maximum absolute atomic E-state index is 9.77. The van der Waals surface area contributed by atoms with E-state index in [0.717, 1.165) is 10.9 Å². The standard InChI is InChI=1S/C9H6N2.C4H6O6/c10-6-8-3-1-2-7-4-5-11-9(7)8;5-1(3(7)8)2(6)4(9)10/h1-5,11H;1-2,5-6H,(H,7,8)(H,9,10). The Morgan fingerprint density at radius 2 is 1.67 bits per heavy atom. The first-order valence-corrected chi connectivity index (χ1v) is 5.66. The molecule has 21 heavy (non-hydrogen) atoms. The van der Waals surface area contributed by atoms with Gasteiger partial charge in [-0.15, -0.1) is 0 Å². The molecule has 110 valence electrons. The van der Waals surface area contributed by atoms with E-state index >= 15 is 0 Å². The second kappa shape index (κ2) is 7.04. The molecule has 0 bridgehead atoms. The zero-order chi connectivity index (χ0) is 16.0. The lowest BCUT2D eigenvalue weighted by Gasteiger charge is -2.07. The molecule has 0 aliphatic carbocycles. The van der Waals surface area contributed by atoms with Gasteiger partial charge < -0.3 is 25.4 Å². The highest BCUT2D eigenvalue weighted by Crippen LogP contribution is 2.15. The first kappa shape index (κ1) is 16.2. The number of carbonyl (C=O) groups is 2. The largest absolute Gasteiger partial charge is 0.479 e. The number of nitriles is 1. The Bertz CT molecular complexity index is 669. The summed E-state index contributed by atoms with van der Waals surface area (Å²) in [5, 5.41) is 42.3. The van der Waals surface area contributed by atoms with Crippen molar-refractivity contribution in [2.45, 2.75) is 12.2 Å². The van der Waals surface area contributed by atoms with Crippen molar-refractivity contribution in [3.8, 4) is 6.07 Å². The van der Waals surface area contributed by atoms with Crippen LogP contribution in [-0.2, 0) is 9.59 Å². The van der Waals surface area contributed by atoms with Crippen LogP contribution in [-0.4, -0.2) is 49.6 Å². The number of hydrogen-bond donors (Lipinski definition) is 5. The van der Waals surface area contributed by atoms with E-state index in [-0.39, 0.29) is 0 Å². The van der Waals surface area contributed by atoms with Gasteiger partial charge >= 0.3 is 11.9 Å². The first-order valence-electron chi connectivity index (χ1n) is 5.66. The average molecular weight is 292 g/mol. The molecule has 0 radical (unpaired) electrons. The number of nitrogens with zero attached hydrogens (tertiary/aromatic N) is 1. The summed E-state index contributed by atoms with van der Waals surface area (Å²) in [7, 11) is 0. The molecule has 0 spiro atoms. The minimum Gasteiger partial charge on any atom is -0.479 e. The summed E-state index contributed by atoms with van der Waals surface area (Å²) >= 11 is 0. The summed E-state index contributed by atoms with van der Waals surface area (Å²) in [5.41, 5.74) is 1.63. The predicted molar refractivity (Wildman–Crippen MR) is 70.3 cm³/mol. The number of para-hydroxylation sites is 1. The summed E-state index contributed by atoms with van der Waals surface area (Å²) in [4.78, 5) is 22.6.